The lowest BCUT2D eigenvalue weighted by atomic mass is 10.3. The number of benzene rings is 1. The van der Waals surface area contributed by atoms with E-state index in [-0.39, 0.29) is 5.95 Å². The number of nitrogens with two attached hydrogens (primary N) is 1. The predicted octanol–water partition coefficient (Wildman–Crippen LogP) is 2.82. The van der Waals surface area contributed by atoms with Gasteiger partial charge in [0.1, 0.15) is 5.69 Å². The van der Waals surface area contributed by atoms with Crippen LogP contribution < -0.4 is 11.1 Å². The highest BCUT2D eigenvalue weighted by Gasteiger charge is 2.32. The first-order valence-electron chi connectivity index (χ1n) is 4.98. The minimum Gasteiger partial charge on any atom is -0.399 e. The Labute approximate surface area is 101 Å². The molecule has 1 aromatic heterocycles. The zero-order valence-electron chi connectivity index (χ0n) is 9.07. The van der Waals surface area contributed by atoms with Gasteiger partial charge in [0.15, 0.2) is 0 Å². The van der Waals surface area contributed by atoms with Gasteiger partial charge in [-0.25, -0.2) is 9.97 Å². The van der Waals surface area contributed by atoms with Crippen molar-refractivity contribution in [1.29, 1.82) is 0 Å². The Morgan fingerprint density at radius 2 is 1.72 bits per heavy atom. The summed E-state index contributed by atoms with van der Waals surface area (Å²) in [5.74, 6) is -0.116. The number of nitrogens with one attached hydrogen (secondary N) is 1. The average molecular weight is 254 g/mol. The minimum absolute atomic E-state index is 0.116. The molecule has 18 heavy (non-hydrogen) atoms. The normalized spacial score (nSPS) is 11.3. The summed E-state index contributed by atoms with van der Waals surface area (Å²) in [6.45, 7) is 0. The van der Waals surface area contributed by atoms with Gasteiger partial charge in [0.2, 0.25) is 5.95 Å². The fourth-order valence-corrected chi connectivity index (χ4v) is 1.27. The molecule has 4 nitrogen and oxygen atoms in total. The second-order valence-corrected chi connectivity index (χ2v) is 3.51. The van der Waals surface area contributed by atoms with Crippen LogP contribution in [-0.2, 0) is 6.18 Å². The molecule has 2 aromatic rings. The molecule has 0 aliphatic heterocycles. The molecular formula is C11H9F3N4. The van der Waals surface area contributed by atoms with Crippen molar-refractivity contribution >= 4 is 17.3 Å². The summed E-state index contributed by atoms with van der Waals surface area (Å²) in [7, 11) is 0. The molecule has 0 atom stereocenters. The van der Waals surface area contributed by atoms with Crippen molar-refractivity contribution < 1.29 is 13.2 Å². The zero-order valence-corrected chi connectivity index (χ0v) is 9.07. The molecule has 94 valence electrons. The lowest BCUT2D eigenvalue weighted by Gasteiger charge is -2.08. The maximum atomic E-state index is 12.4. The molecule has 7 heteroatoms. The van der Waals surface area contributed by atoms with Gasteiger partial charge in [0.05, 0.1) is 0 Å². The number of nitrogen functional groups attached to an aromatic ring is 1. The van der Waals surface area contributed by atoms with Crippen LogP contribution in [0.15, 0.2) is 36.5 Å². The number of aromatic nitrogens is 2. The van der Waals surface area contributed by atoms with Crippen LogP contribution in [0, 0.1) is 0 Å². The van der Waals surface area contributed by atoms with Crippen molar-refractivity contribution in [2.24, 2.45) is 0 Å². The lowest BCUT2D eigenvalue weighted by Crippen LogP contribution is -2.10. The van der Waals surface area contributed by atoms with Gasteiger partial charge >= 0.3 is 6.18 Å². The SMILES string of the molecule is Nc1ccc(Nc2nccc(C(F)(F)F)n2)cc1. The number of hydrogen-bond acceptors (Lipinski definition) is 4. The summed E-state index contributed by atoms with van der Waals surface area (Å²) >= 11 is 0. The van der Waals surface area contributed by atoms with Gasteiger partial charge in [-0.3, -0.25) is 0 Å². The summed E-state index contributed by atoms with van der Waals surface area (Å²) < 4.78 is 37.3. The molecular weight excluding hydrogens is 245 g/mol. The third-order valence-corrected chi connectivity index (χ3v) is 2.11. The molecule has 0 unspecified atom stereocenters. The van der Waals surface area contributed by atoms with Crippen LogP contribution in [0.25, 0.3) is 0 Å². The molecule has 0 amide bonds. The molecule has 0 saturated carbocycles. The Morgan fingerprint density at radius 3 is 2.33 bits per heavy atom. The summed E-state index contributed by atoms with van der Waals surface area (Å²) in [5, 5.41) is 2.67. The molecule has 0 bridgehead atoms. The van der Waals surface area contributed by atoms with E-state index in [1.807, 2.05) is 0 Å². The van der Waals surface area contributed by atoms with Crippen LogP contribution in [-0.4, -0.2) is 9.97 Å². The van der Waals surface area contributed by atoms with Crippen molar-refractivity contribution in [3.05, 3.63) is 42.2 Å². The fourth-order valence-electron chi connectivity index (χ4n) is 1.27. The summed E-state index contributed by atoms with van der Waals surface area (Å²) in [6.07, 6.45) is -3.43. The molecule has 1 heterocycles. The monoisotopic (exact) mass is 254 g/mol. The molecule has 0 spiro atoms. The highest BCUT2D eigenvalue weighted by molar-refractivity contribution is 5.57. The average Bonchev–Trinajstić information content (AvgIpc) is 2.31. The van der Waals surface area contributed by atoms with Crippen molar-refractivity contribution in [3.8, 4) is 0 Å². The van der Waals surface area contributed by atoms with Gasteiger partial charge in [0, 0.05) is 17.6 Å². The molecule has 1 aromatic carbocycles. The topological polar surface area (TPSA) is 63.8 Å². The van der Waals surface area contributed by atoms with E-state index in [0.717, 1.165) is 12.3 Å². The number of halogens is 3. The van der Waals surface area contributed by atoms with E-state index >= 15 is 0 Å². The van der Waals surface area contributed by atoms with Gasteiger partial charge in [-0.2, -0.15) is 13.2 Å². The van der Waals surface area contributed by atoms with Crippen LogP contribution in [0.5, 0.6) is 0 Å². The van der Waals surface area contributed by atoms with E-state index in [1.165, 1.54) is 0 Å². The zero-order chi connectivity index (χ0) is 13.2. The Kier molecular flexibility index (Phi) is 3.05. The van der Waals surface area contributed by atoms with E-state index in [1.54, 1.807) is 24.3 Å². The Bertz CT molecular complexity index is 537. The van der Waals surface area contributed by atoms with E-state index in [0.29, 0.717) is 11.4 Å². The number of hydrogen-bond donors (Lipinski definition) is 2. The van der Waals surface area contributed by atoms with Gasteiger partial charge in [-0.15, -0.1) is 0 Å². The fraction of sp³-hybridized carbons (Fsp3) is 0.0909. The van der Waals surface area contributed by atoms with E-state index in [9.17, 15) is 13.2 Å². The van der Waals surface area contributed by atoms with Gasteiger partial charge in [0.25, 0.3) is 0 Å². The molecule has 0 saturated heterocycles. The third kappa shape index (κ3) is 2.88. The van der Waals surface area contributed by atoms with Crippen LogP contribution in [0.3, 0.4) is 0 Å². The number of alkyl halides is 3. The van der Waals surface area contributed by atoms with Crippen molar-refractivity contribution in [2.75, 3.05) is 11.1 Å². The molecule has 0 fully saturated rings. The Balaban J connectivity index is 2.22. The molecule has 0 aliphatic carbocycles. The van der Waals surface area contributed by atoms with Crippen LogP contribution in [0.4, 0.5) is 30.5 Å². The van der Waals surface area contributed by atoms with Gasteiger partial charge in [-0.1, -0.05) is 0 Å². The Hall–Kier alpha value is -2.31. The second kappa shape index (κ2) is 4.52. The van der Waals surface area contributed by atoms with Crippen LogP contribution in [0.2, 0.25) is 0 Å². The number of anilines is 3. The number of nitrogens with zero attached hydrogens (tertiary/aromatic N) is 2. The quantitative estimate of drug-likeness (QED) is 0.809. The van der Waals surface area contributed by atoms with Crippen LogP contribution >= 0.6 is 0 Å². The maximum Gasteiger partial charge on any atom is 0.433 e. The minimum atomic E-state index is -4.49. The van der Waals surface area contributed by atoms with Gasteiger partial charge in [-0.05, 0) is 30.3 Å². The molecule has 2 rings (SSSR count). The maximum absolute atomic E-state index is 12.4. The summed E-state index contributed by atoms with van der Waals surface area (Å²) in [6, 6.07) is 7.30. The summed E-state index contributed by atoms with van der Waals surface area (Å²) in [4.78, 5) is 7.10. The first-order valence-corrected chi connectivity index (χ1v) is 4.98. The first-order chi connectivity index (χ1) is 8.45. The van der Waals surface area contributed by atoms with E-state index in [2.05, 4.69) is 15.3 Å². The van der Waals surface area contributed by atoms with E-state index in [4.69, 9.17) is 5.73 Å². The lowest BCUT2D eigenvalue weighted by molar-refractivity contribution is -0.141. The summed E-state index contributed by atoms with van der Waals surface area (Å²) in [5.41, 5.74) is 5.62. The van der Waals surface area contributed by atoms with E-state index < -0.39 is 11.9 Å². The predicted molar refractivity (Wildman–Crippen MR) is 61.2 cm³/mol. The highest BCUT2D eigenvalue weighted by atomic mass is 19.4. The highest BCUT2D eigenvalue weighted by Crippen LogP contribution is 2.28. The Morgan fingerprint density at radius 1 is 1.06 bits per heavy atom. The van der Waals surface area contributed by atoms with Crippen molar-refractivity contribution in [3.63, 3.8) is 0 Å². The second-order valence-electron chi connectivity index (χ2n) is 3.51. The molecule has 3 N–H and O–H groups in total. The first kappa shape index (κ1) is 12.2. The standard InChI is InChI=1S/C11H9F3N4/c12-11(13,14)9-5-6-16-10(18-9)17-8-3-1-7(15)2-4-8/h1-6H,15H2,(H,16,17,18). The molecule has 0 radical (unpaired) electrons. The van der Waals surface area contributed by atoms with Crippen molar-refractivity contribution in [1.82, 2.24) is 9.97 Å². The third-order valence-electron chi connectivity index (χ3n) is 2.11. The number of rotatable bonds is 2. The molecule has 0 aliphatic rings. The largest absolute Gasteiger partial charge is 0.433 e. The smallest absolute Gasteiger partial charge is 0.399 e. The van der Waals surface area contributed by atoms with Crippen molar-refractivity contribution in [2.45, 2.75) is 6.18 Å². The van der Waals surface area contributed by atoms with Crippen LogP contribution in [0.1, 0.15) is 5.69 Å². The van der Waals surface area contributed by atoms with Gasteiger partial charge < -0.3 is 11.1 Å².